The van der Waals surface area contributed by atoms with Gasteiger partial charge in [0.05, 0.1) is 0 Å². The molecule has 14 heavy (non-hydrogen) atoms. The average molecular weight is 188 g/mol. The number of hydrogen-bond donors (Lipinski definition) is 1. The van der Waals surface area contributed by atoms with Gasteiger partial charge in [0.25, 0.3) is 0 Å². The summed E-state index contributed by atoms with van der Waals surface area (Å²) in [4.78, 5) is 0. The number of aromatic hydroxyl groups is 1. The Balaban J connectivity index is 3.21. The standard InChI is InChI=1S/C13H16O/c1-4-6-11-9-8-10(3)13(14)12(11)7-5-2/h4-5,8-9,14H,1-2,6-7H2,3H3. The summed E-state index contributed by atoms with van der Waals surface area (Å²) in [6.07, 6.45) is 5.14. The van der Waals surface area contributed by atoms with Crippen LogP contribution in [0.4, 0.5) is 0 Å². The third-order valence-corrected chi connectivity index (χ3v) is 2.29. The van der Waals surface area contributed by atoms with Gasteiger partial charge in [-0.3, -0.25) is 0 Å². The Bertz CT molecular complexity index is 350. The predicted molar refractivity (Wildman–Crippen MR) is 60.6 cm³/mol. The second-order valence-electron chi connectivity index (χ2n) is 3.35. The first-order valence-corrected chi connectivity index (χ1v) is 4.72. The molecule has 0 aromatic heterocycles. The van der Waals surface area contributed by atoms with Crippen molar-refractivity contribution in [2.45, 2.75) is 19.8 Å². The first kappa shape index (κ1) is 10.6. The minimum absolute atomic E-state index is 0.393. The minimum Gasteiger partial charge on any atom is -0.507 e. The fourth-order valence-electron chi connectivity index (χ4n) is 1.51. The van der Waals surface area contributed by atoms with Crippen molar-refractivity contribution < 1.29 is 5.11 Å². The molecule has 0 atom stereocenters. The van der Waals surface area contributed by atoms with Gasteiger partial charge in [-0.1, -0.05) is 24.3 Å². The molecule has 1 aromatic carbocycles. The maximum absolute atomic E-state index is 9.85. The van der Waals surface area contributed by atoms with E-state index in [0.717, 1.165) is 23.1 Å². The van der Waals surface area contributed by atoms with Gasteiger partial charge in [-0.15, -0.1) is 13.2 Å². The van der Waals surface area contributed by atoms with Crippen molar-refractivity contribution in [3.63, 3.8) is 0 Å². The van der Waals surface area contributed by atoms with Crippen molar-refractivity contribution in [2.75, 3.05) is 0 Å². The summed E-state index contributed by atoms with van der Waals surface area (Å²) in [6, 6.07) is 3.97. The SMILES string of the molecule is C=CCc1ccc(C)c(O)c1CC=C. The fourth-order valence-corrected chi connectivity index (χ4v) is 1.51. The molecule has 1 N–H and O–H groups in total. The van der Waals surface area contributed by atoms with Gasteiger partial charge in [0.1, 0.15) is 5.75 Å². The minimum atomic E-state index is 0.393. The van der Waals surface area contributed by atoms with Crippen molar-refractivity contribution in [3.05, 3.63) is 54.1 Å². The molecule has 0 saturated heterocycles. The molecule has 0 aliphatic heterocycles. The molecule has 1 nitrogen and oxygen atoms in total. The van der Waals surface area contributed by atoms with Crippen LogP contribution >= 0.6 is 0 Å². The molecule has 1 heteroatoms. The van der Waals surface area contributed by atoms with Gasteiger partial charge in [-0.05, 0) is 30.9 Å². The van der Waals surface area contributed by atoms with E-state index < -0.39 is 0 Å². The Morgan fingerprint density at radius 2 is 1.86 bits per heavy atom. The Hall–Kier alpha value is -1.50. The molecule has 0 aliphatic carbocycles. The van der Waals surface area contributed by atoms with Crippen molar-refractivity contribution in [1.82, 2.24) is 0 Å². The highest BCUT2D eigenvalue weighted by molar-refractivity contribution is 5.46. The smallest absolute Gasteiger partial charge is 0.122 e. The monoisotopic (exact) mass is 188 g/mol. The highest BCUT2D eigenvalue weighted by Crippen LogP contribution is 2.26. The van der Waals surface area contributed by atoms with Crippen LogP contribution in [0.5, 0.6) is 5.75 Å². The van der Waals surface area contributed by atoms with E-state index in [1.807, 2.05) is 25.1 Å². The molecular weight excluding hydrogens is 172 g/mol. The summed E-state index contributed by atoms with van der Waals surface area (Å²) < 4.78 is 0. The molecule has 0 radical (unpaired) electrons. The van der Waals surface area contributed by atoms with Gasteiger partial charge in [0, 0.05) is 5.56 Å². The summed E-state index contributed by atoms with van der Waals surface area (Å²) >= 11 is 0. The van der Waals surface area contributed by atoms with E-state index in [1.165, 1.54) is 0 Å². The molecular formula is C13H16O. The van der Waals surface area contributed by atoms with E-state index >= 15 is 0 Å². The molecule has 0 saturated carbocycles. The van der Waals surface area contributed by atoms with Gasteiger partial charge in [-0.25, -0.2) is 0 Å². The van der Waals surface area contributed by atoms with Crippen LogP contribution in [0.3, 0.4) is 0 Å². The first-order chi connectivity index (χ1) is 6.70. The number of phenolic OH excluding ortho intramolecular Hbond substituents is 1. The fraction of sp³-hybridized carbons (Fsp3) is 0.231. The second kappa shape index (κ2) is 4.66. The van der Waals surface area contributed by atoms with Crippen LogP contribution in [0.15, 0.2) is 37.4 Å². The molecule has 0 aliphatic rings. The van der Waals surface area contributed by atoms with Crippen molar-refractivity contribution in [2.24, 2.45) is 0 Å². The van der Waals surface area contributed by atoms with Crippen LogP contribution in [0, 0.1) is 6.92 Å². The molecule has 0 amide bonds. The molecule has 74 valence electrons. The topological polar surface area (TPSA) is 20.2 Å². The Morgan fingerprint density at radius 3 is 2.43 bits per heavy atom. The van der Waals surface area contributed by atoms with Gasteiger partial charge in [0.15, 0.2) is 0 Å². The first-order valence-electron chi connectivity index (χ1n) is 4.72. The maximum Gasteiger partial charge on any atom is 0.122 e. The summed E-state index contributed by atoms with van der Waals surface area (Å²) in [5, 5.41) is 9.85. The molecule has 0 spiro atoms. The van der Waals surface area contributed by atoms with E-state index in [4.69, 9.17) is 0 Å². The van der Waals surface area contributed by atoms with Gasteiger partial charge < -0.3 is 5.11 Å². The summed E-state index contributed by atoms with van der Waals surface area (Å²) in [6.45, 7) is 9.30. The van der Waals surface area contributed by atoms with Crippen LogP contribution in [-0.4, -0.2) is 5.11 Å². The molecule has 1 rings (SSSR count). The van der Waals surface area contributed by atoms with Gasteiger partial charge >= 0.3 is 0 Å². The second-order valence-corrected chi connectivity index (χ2v) is 3.35. The molecule has 0 heterocycles. The summed E-state index contributed by atoms with van der Waals surface area (Å²) in [5.74, 6) is 0.393. The number of allylic oxidation sites excluding steroid dienone is 2. The third-order valence-electron chi connectivity index (χ3n) is 2.29. The zero-order valence-electron chi connectivity index (χ0n) is 8.59. The van der Waals surface area contributed by atoms with Crippen LogP contribution in [0.2, 0.25) is 0 Å². The van der Waals surface area contributed by atoms with Crippen LogP contribution < -0.4 is 0 Å². The molecule has 0 unspecified atom stereocenters. The maximum atomic E-state index is 9.85. The van der Waals surface area contributed by atoms with Crippen molar-refractivity contribution >= 4 is 0 Å². The Kier molecular flexibility index (Phi) is 3.52. The lowest BCUT2D eigenvalue weighted by molar-refractivity contribution is 0.464. The quantitative estimate of drug-likeness (QED) is 0.719. The summed E-state index contributed by atoms with van der Waals surface area (Å²) in [5.41, 5.74) is 3.01. The number of phenols is 1. The van der Waals surface area contributed by atoms with Crippen molar-refractivity contribution in [3.8, 4) is 5.75 Å². The van der Waals surface area contributed by atoms with E-state index in [2.05, 4.69) is 13.2 Å². The predicted octanol–water partition coefficient (Wildman–Crippen LogP) is 3.16. The Labute approximate surface area is 85.4 Å². The highest BCUT2D eigenvalue weighted by atomic mass is 16.3. The number of aryl methyl sites for hydroxylation is 1. The zero-order chi connectivity index (χ0) is 10.6. The molecule has 0 bridgehead atoms. The average Bonchev–Trinajstić information content (AvgIpc) is 2.18. The van der Waals surface area contributed by atoms with E-state index in [9.17, 15) is 5.11 Å². The third kappa shape index (κ3) is 2.05. The van der Waals surface area contributed by atoms with Gasteiger partial charge in [-0.2, -0.15) is 0 Å². The van der Waals surface area contributed by atoms with Crippen molar-refractivity contribution in [1.29, 1.82) is 0 Å². The molecule has 0 fully saturated rings. The Morgan fingerprint density at radius 1 is 1.21 bits per heavy atom. The van der Waals surface area contributed by atoms with E-state index in [-0.39, 0.29) is 0 Å². The van der Waals surface area contributed by atoms with E-state index in [0.29, 0.717) is 12.2 Å². The largest absolute Gasteiger partial charge is 0.507 e. The molecule has 1 aromatic rings. The van der Waals surface area contributed by atoms with Crippen LogP contribution in [-0.2, 0) is 12.8 Å². The lowest BCUT2D eigenvalue weighted by Gasteiger charge is -2.10. The normalized spacial score (nSPS) is 9.79. The lowest BCUT2D eigenvalue weighted by atomic mass is 9.98. The van der Waals surface area contributed by atoms with Gasteiger partial charge in [0.2, 0.25) is 0 Å². The number of hydrogen-bond acceptors (Lipinski definition) is 1. The van der Waals surface area contributed by atoms with E-state index in [1.54, 1.807) is 6.08 Å². The highest BCUT2D eigenvalue weighted by Gasteiger charge is 2.07. The van der Waals surface area contributed by atoms with Crippen LogP contribution in [0.25, 0.3) is 0 Å². The van der Waals surface area contributed by atoms with Crippen LogP contribution in [0.1, 0.15) is 16.7 Å². The number of benzene rings is 1. The zero-order valence-corrected chi connectivity index (χ0v) is 8.59. The summed E-state index contributed by atoms with van der Waals surface area (Å²) in [7, 11) is 0. The number of rotatable bonds is 4. The lowest BCUT2D eigenvalue weighted by Crippen LogP contribution is -1.94.